The molecule has 0 spiro atoms. The highest BCUT2D eigenvalue weighted by molar-refractivity contribution is 7.22. The van der Waals surface area contributed by atoms with E-state index in [0.29, 0.717) is 17.5 Å². The quantitative estimate of drug-likeness (QED) is 0.642. The number of thiazole rings is 1. The zero-order valence-electron chi connectivity index (χ0n) is 14.7. The molecule has 1 aromatic carbocycles. The minimum atomic E-state index is 0.380. The van der Waals surface area contributed by atoms with Gasteiger partial charge in [0, 0.05) is 19.2 Å². The number of rotatable bonds is 4. The van der Waals surface area contributed by atoms with Crippen molar-refractivity contribution in [3.05, 3.63) is 42.2 Å². The normalized spacial score (nSPS) is 14.9. The SMILES string of the molecule is CN(c1nc2ccc(Oc3ccc(C#N)nc3)cc2s1)C1CCCCC1. The monoisotopic (exact) mass is 364 g/mol. The predicted octanol–water partition coefficient (Wildman–Crippen LogP) is 5.12. The second-order valence-electron chi connectivity index (χ2n) is 6.62. The first-order chi connectivity index (χ1) is 12.7. The second kappa shape index (κ2) is 7.30. The summed E-state index contributed by atoms with van der Waals surface area (Å²) in [6.07, 6.45) is 8.07. The van der Waals surface area contributed by atoms with Gasteiger partial charge in [-0.1, -0.05) is 30.6 Å². The summed E-state index contributed by atoms with van der Waals surface area (Å²) < 4.78 is 6.98. The van der Waals surface area contributed by atoms with Gasteiger partial charge in [0.2, 0.25) is 0 Å². The molecule has 1 aliphatic rings. The van der Waals surface area contributed by atoms with E-state index < -0.39 is 0 Å². The number of aromatic nitrogens is 2. The molecule has 1 saturated carbocycles. The van der Waals surface area contributed by atoms with Crippen LogP contribution in [0.4, 0.5) is 5.13 Å². The summed E-state index contributed by atoms with van der Waals surface area (Å²) in [4.78, 5) is 11.2. The summed E-state index contributed by atoms with van der Waals surface area (Å²) in [5.41, 5.74) is 1.38. The largest absolute Gasteiger partial charge is 0.456 e. The van der Waals surface area contributed by atoms with Crippen molar-refractivity contribution in [1.29, 1.82) is 5.26 Å². The standard InChI is InChI=1S/C20H20N4OS/c1-24(15-5-3-2-4-6-15)20-23-18-10-9-16(11-19(18)26-20)25-17-8-7-14(12-21)22-13-17/h7-11,13,15H,2-6H2,1H3. The average molecular weight is 364 g/mol. The molecule has 4 rings (SSSR count). The van der Waals surface area contributed by atoms with Crippen LogP contribution in [0.25, 0.3) is 10.2 Å². The molecule has 2 aromatic heterocycles. The summed E-state index contributed by atoms with van der Waals surface area (Å²) in [6, 6.07) is 11.9. The van der Waals surface area contributed by atoms with Gasteiger partial charge in [-0.2, -0.15) is 5.26 Å². The lowest BCUT2D eigenvalue weighted by molar-refractivity contribution is 0.427. The molecule has 0 N–H and O–H groups in total. The Labute approximate surface area is 156 Å². The first kappa shape index (κ1) is 16.8. The Balaban J connectivity index is 1.54. The van der Waals surface area contributed by atoms with Crippen molar-refractivity contribution < 1.29 is 4.74 Å². The molecule has 0 amide bonds. The number of benzene rings is 1. The molecular formula is C20H20N4OS. The molecule has 6 heteroatoms. The van der Waals surface area contributed by atoms with E-state index >= 15 is 0 Å². The van der Waals surface area contributed by atoms with Crippen LogP contribution in [0, 0.1) is 11.3 Å². The zero-order valence-corrected chi connectivity index (χ0v) is 15.5. The minimum absolute atomic E-state index is 0.380. The Morgan fingerprint density at radius 2 is 1.96 bits per heavy atom. The summed E-state index contributed by atoms with van der Waals surface area (Å²) in [7, 11) is 2.16. The third-order valence-corrected chi connectivity index (χ3v) is 5.97. The number of hydrogen-bond donors (Lipinski definition) is 0. The van der Waals surface area contributed by atoms with Gasteiger partial charge in [0.1, 0.15) is 23.3 Å². The number of pyridine rings is 1. The van der Waals surface area contributed by atoms with Gasteiger partial charge in [-0.05, 0) is 37.1 Å². The molecule has 0 unspecified atom stereocenters. The Morgan fingerprint density at radius 3 is 2.69 bits per heavy atom. The van der Waals surface area contributed by atoms with Crippen molar-refractivity contribution in [1.82, 2.24) is 9.97 Å². The van der Waals surface area contributed by atoms with Crippen molar-refractivity contribution in [2.75, 3.05) is 11.9 Å². The van der Waals surface area contributed by atoms with Gasteiger partial charge in [0.15, 0.2) is 5.13 Å². The highest BCUT2D eigenvalue weighted by Crippen LogP contribution is 2.35. The van der Waals surface area contributed by atoms with E-state index in [2.05, 4.69) is 16.9 Å². The highest BCUT2D eigenvalue weighted by Gasteiger charge is 2.20. The molecule has 1 fully saturated rings. The summed E-state index contributed by atoms with van der Waals surface area (Å²) >= 11 is 1.71. The van der Waals surface area contributed by atoms with Crippen LogP contribution in [0.3, 0.4) is 0 Å². The lowest BCUT2D eigenvalue weighted by atomic mass is 9.95. The van der Waals surface area contributed by atoms with E-state index in [4.69, 9.17) is 15.0 Å². The summed E-state index contributed by atoms with van der Waals surface area (Å²) in [6.45, 7) is 0. The Kier molecular flexibility index (Phi) is 4.72. The van der Waals surface area contributed by atoms with Crippen LogP contribution in [0.15, 0.2) is 36.5 Å². The Bertz CT molecular complexity index is 939. The van der Waals surface area contributed by atoms with Gasteiger partial charge >= 0.3 is 0 Å². The van der Waals surface area contributed by atoms with Crippen LogP contribution in [0.2, 0.25) is 0 Å². The highest BCUT2D eigenvalue weighted by atomic mass is 32.1. The van der Waals surface area contributed by atoms with Gasteiger partial charge in [-0.25, -0.2) is 9.97 Å². The number of ether oxygens (including phenoxy) is 1. The summed E-state index contributed by atoms with van der Waals surface area (Å²) in [5.74, 6) is 1.37. The lowest BCUT2D eigenvalue weighted by Gasteiger charge is -2.30. The van der Waals surface area contributed by atoms with Gasteiger partial charge in [0.05, 0.1) is 16.4 Å². The topological polar surface area (TPSA) is 62.0 Å². The van der Waals surface area contributed by atoms with Crippen molar-refractivity contribution in [2.45, 2.75) is 38.1 Å². The first-order valence-corrected chi connectivity index (χ1v) is 9.72. The molecule has 0 radical (unpaired) electrons. The van der Waals surface area contributed by atoms with Crippen LogP contribution < -0.4 is 9.64 Å². The van der Waals surface area contributed by atoms with Gasteiger partial charge in [-0.15, -0.1) is 0 Å². The van der Waals surface area contributed by atoms with Crippen LogP contribution in [-0.4, -0.2) is 23.1 Å². The second-order valence-corrected chi connectivity index (χ2v) is 7.63. The molecule has 0 aliphatic heterocycles. The number of hydrogen-bond acceptors (Lipinski definition) is 6. The molecule has 0 bridgehead atoms. The maximum atomic E-state index is 8.81. The minimum Gasteiger partial charge on any atom is -0.456 e. The van der Waals surface area contributed by atoms with E-state index in [1.54, 1.807) is 29.7 Å². The smallest absolute Gasteiger partial charge is 0.186 e. The molecule has 5 nitrogen and oxygen atoms in total. The van der Waals surface area contributed by atoms with E-state index in [9.17, 15) is 0 Å². The third-order valence-electron chi connectivity index (χ3n) is 4.86. The first-order valence-electron chi connectivity index (χ1n) is 8.90. The van der Waals surface area contributed by atoms with Crippen LogP contribution in [-0.2, 0) is 0 Å². The molecule has 2 heterocycles. The van der Waals surface area contributed by atoms with Crippen molar-refractivity contribution in [2.24, 2.45) is 0 Å². The van der Waals surface area contributed by atoms with Gasteiger partial charge < -0.3 is 9.64 Å². The fourth-order valence-corrected chi connectivity index (χ4v) is 4.40. The molecule has 0 saturated heterocycles. The van der Waals surface area contributed by atoms with E-state index in [1.165, 1.54) is 32.1 Å². The maximum Gasteiger partial charge on any atom is 0.186 e. The molecule has 26 heavy (non-hydrogen) atoms. The fraction of sp³-hybridized carbons (Fsp3) is 0.350. The number of nitriles is 1. The van der Waals surface area contributed by atoms with Crippen molar-refractivity contribution >= 4 is 26.7 Å². The third kappa shape index (κ3) is 3.49. The molecule has 3 aromatic rings. The molecule has 0 atom stereocenters. The van der Waals surface area contributed by atoms with Crippen LogP contribution in [0.1, 0.15) is 37.8 Å². The Morgan fingerprint density at radius 1 is 1.15 bits per heavy atom. The number of anilines is 1. The van der Waals surface area contributed by atoms with E-state index in [1.807, 2.05) is 24.3 Å². The summed E-state index contributed by atoms with van der Waals surface area (Å²) in [5, 5.41) is 9.89. The number of fused-ring (bicyclic) bond motifs is 1. The number of nitrogens with zero attached hydrogens (tertiary/aromatic N) is 4. The van der Waals surface area contributed by atoms with Gasteiger partial charge in [0.25, 0.3) is 0 Å². The van der Waals surface area contributed by atoms with Crippen molar-refractivity contribution in [3.8, 4) is 17.6 Å². The molecule has 1 aliphatic carbocycles. The van der Waals surface area contributed by atoms with Gasteiger partial charge in [-0.3, -0.25) is 0 Å². The van der Waals surface area contributed by atoms with Crippen molar-refractivity contribution in [3.63, 3.8) is 0 Å². The predicted molar refractivity (Wildman–Crippen MR) is 104 cm³/mol. The zero-order chi connectivity index (χ0) is 17.9. The average Bonchev–Trinajstić information content (AvgIpc) is 3.12. The van der Waals surface area contributed by atoms with E-state index in [-0.39, 0.29) is 0 Å². The van der Waals surface area contributed by atoms with Crippen LogP contribution in [0.5, 0.6) is 11.5 Å². The lowest BCUT2D eigenvalue weighted by Crippen LogP contribution is -2.33. The van der Waals surface area contributed by atoms with Crippen LogP contribution >= 0.6 is 11.3 Å². The van der Waals surface area contributed by atoms with E-state index in [0.717, 1.165) is 21.1 Å². The fourth-order valence-electron chi connectivity index (χ4n) is 3.37. The molecule has 132 valence electrons. The Hall–Kier alpha value is -2.65. The molecular weight excluding hydrogens is 344 g/mol. The maximum absolute atomic E-state index is 8.81.